The van der Waals surface area contributed by atoms with E-state index in [4.69, 9.17) is 10.2 Å². The molecule has 0 radical (unpaired) electrons. The topological polar surface area (TPSA) is 90.7 Å². The highest BCUT2D eigenvalue weighted by molar-refractivity contribution is 7.99. The van der Waals surface area contributed by atoms with Gasteiger partial charge in [-0.25, -0.2) is 4.98 Å². The van der Waals surface area contributed by atoms with Crippen molar-refractivity contribution in [3.8, 4) is 0 Å². The second-order valence-electron chi connectivity index (χ2n) is 2.70. The molecule has 0 atom stereocenters. The second-order valence-corrected chi connectivity index (χ2v) is 3.64. The number of aromatic nitrogens is 4. The molecule has 0 bridgehead atoms. The van der Waals surface area contributed by atoms with E-state index in [2.05, 4.69) is 20.2 Å². The quantitative estimate of drug-likeness (QED) is 0.821. The van der Waals surface area contributed by atoms with Crippen LogP contribution in [0.5, 0.6) is 0 Å². The maximum absolute atomic E-state index is 5.53. The van der Waals surface area contributed by atoms with Gasteiger partial charge in [0.25, 0.3) is 5.22 Å². The molecule has 78 valence electrons. The van der Waals surface area contributed by atoms with Gasteiger partial charge in [-0.15, -0.1) is 10.2 Å². The maximum Gasteiger partial charge on any atom is 0.282 e. The molecule has 0 saturated heterocycles. The molecule has 2 aromatic heterocycles. The van der Waals surface area contributed by atoms with Gasteiger partial charge in [0.1, 0.15) is 5.03 Å². The van der Waals surface area contributed by atoms with Crippen molar-refractivity contribution in [1.82, 2.24) is 20.2 Å². The minimum atomic E-state index is 0.337. The maximum atomic E-state index is 5.53. The third kappa shape index (κ3) is 2.31. The summed E-state index contributed by atoms with van der Waals surface area (Å²) in [5.41, 5.74) is 6.25. The number of nitrogens with zero attached hydrogens (tertiary/aromatic N) is 4. The van der Waals surface area contributed by atoms with Crippen molar-refractivity contribution < 1.29 is 4.42 Å². The average molecular weight is 223 g/mol. The molecule has 2 aromatic rings. The lowest BCUT2D eigenvalue weighted by molar-refractivity contribution is 0.429. The van der Waals surface area contributed by atoms with Crippen molar-refractivity contribution in [2.24, 2.45) is 5.73 Å². The molecule has 2 heterocycles. The number of rotatable bonds is 3. The first kappa shape index (κ1) is 10.1. The van der Waals surface area contributed by atoms with E-state index in [1.807, 2.05) is 0 Å². The van der Waals surface area contributed by atoms with E-state index in [0.29, 0.717) is 22.7 Å². The molecule has 0 aliphatic heterocycles. The Labute approximate surface area is 90.3 Å². The third-order valence-corrected chi connectivity index (χ3v) is 2.49. The Bertz CT molecular complexity index is 458. The lowest BCUT2D eigenvalue weighted by Gasteiger charge is -2.00. The number of aryl methyl sites for hydroxylation is 1. The summed E-state index contributed by atoms with van der Waals surface area (Å²) in [5.74, 6) is 0.524. The van der Waals surface area contributed by atoms with Crippen molar-refractivity contribution in [2.75, 3.05) is 0 Å². The zero-order valence-electron chi connectivity index (χ0n) is 8.04. The first-order valence-corrected chi connectivity index (χ1v) is 5.09. The van der Waals surface area contributed by atoms with E-state index in [-0.39, 0.29) is 0 Å². The van der Waals surface area contributed by atoms with Crippen LogP contribution in [0.3, 0.4) is 0 Å². The van der Waals surface area contributed by atoms with Crippen LogP contribution in [-0.2, 0) is 6.54 Å². The molecule has 0 aromatic carbocycles. The summed E-state index contributed by atoms with van der Waals surface area (Å²) in [6.45, 7) is 2.07. The highest BCUT2D eigenvalue weighted by Gasteiger charge is 2.10. The highest BCUT2D eigenvalue weighted by Crippen LogP contribution is 2.25. The molecule has 6 nitrogen and oxygen atoms in total. The Morgan fingerprint density at radius 2 is 2.13 bits per heavy atom. The SMILES string of the molecule is Cc1nnc(Sc2nccnc2CN)o1. The summed E-state index contributed by atoms with van der Waals surface area (Å²) >= 11 is 1.27. The van der Waals surface area contributed by atoms with E-state index in [1.54, 1.807) is 19.3 Å². The van der Waals surface area contributed by atoms with Crippen LogP contribution in [0.15, 0.2) is 27.1 Å². The summed E-state index contributed by atoms with van der Waals surface area (Å²) in [6.07, 6.45) is 3.20. The zero-order valence-corrected chi connectivity index (χ0v) is 8.86. The third-order valence-electron chi connectivity index (χ3n) is 1.62. The normalized spacial score (nSPS) is 10.5. The fraction of sp³-hybridized carbons (Fsp3) is 0.250. The number of hydrogen-bond acceptors (Lipinski definition) is 7. The molecule has 0 spiro atoms. The Balaban J connectivity index is 2.23. The van der Waals surface area contributed by atoms with Crippen LogP contribution in [-0.4, -0.2) is 20.2 Å². The largest absolute Gasteiger partial charge is 0.416 e. The van der Waals surface area contributed by atoms with Crippen LogP contribution in [0.4, 0.5) is 0 Å². The molecule has 0 fully saturated rings. The van der Waals surface area contributed by atoms with Gasteiger partial charge in [0.2, 0.25) is 5.89 Å². The van der Waals surface area contributed by atoms with E-state index in [0.717, 1.165) is 5.69 Å². The van der Waals surface area contributed by atoms with Gasteiger partial charge in [0.05, 0.1) is 5.69 Å². The predicted molar refractivity (Wildman–Crippen MR) is 53.1 cm³/mol. The van der Waals surface area contributed by atoms with Crippen LogP contribution >= 0.6 is 11.8 Å². The van der Waals surface area contributed by atoms with Gasteiger partial charge in [-0.1, -0.05) is 0 Å². The zero-order chi connectivity index (χ0) is 10.7. The van der Waals surface area contributed by atoms with Crippen LogP contribution in [0.2, 0.25) is 0 Å². The fourth-order valence-corrected chi connectivity index (χ4v) is 1.76. The Hall–Kier alpha value is -1.47. The molecule has 15 heavy (non-hydrogen) atoms. The van der Waals surface area contributed by atoms with Gasteiger partial charge < -0.3 is 10.2 Å². The van der Waals surface area contributed by atoms with Crippen LogP contribution < -0.4 is 5.73 Å². The molecule has 2 rings (SSSR count). The Morgan fingerprint density at radius 3 is 2.80 bits per heavy atom. The first-order valence-electron chi connectivity index (χ1n) is 4.27. The van der Waals surface area contributed by atoms with Crippen molar-refractivity contribution in [3.05, 3.63) is 24.0 Å². The lowest BCUT2D eigenvalue weighted by atomic mass is 10.5. The van der Waals surface area contributed by atoms with Crippen molar-refractivity contribution in [3.63, 3.8) is 0 Å². The summed E-state index contributed by atoms with van der Waals surface area (Å²) in [5, 5.41) is 8.72. The van der Waals surface area contributed by atoms with Crippen LogP contribution in [0.1, 0.15) is 11.6 Å². The molecule has 7 heteroatoms. The summed E-state index contributed by atoms with van der Waals surface area (Å²) < 4.78 is 5.22. The number of nitrogens with two attached hydrogens (primary N) is 1. The molecule has 0 saturated carbocycles. The summed E-state index contributed by atoms with van der Waals surface area (Å²) in [7, 11) is 0. The van der Waals surface area contributed by atoms with Gasteiger partial charge >= 0.3 is 0 Å². The average Bonchev–Trinajstić information content (AvgIpc) is 2.65. The van der Waals surface area contributed by atoms with Gasteiger partial charge in [0.15, 0.2) is 0 Å². The van der Waals surface area contributed by atoms with Crippen molar-refractivity contribution >= 4 is 11.8 Å². The smallest absolute Gasteiger partial charge is 0.282 e. The Morgan fingerprint density at radius 1 is 1.33 bits per heavy atom. The van der Waals surface area contributed by atoms with Crippen molar-refractivity contribution in [2.45, 2.75) is 23.7 Å². The van der Waals surface area contributed by atoms with Gasteiger partial charge in [-0.05, 0) is 11.8 Å². The van der Waals surface area contributed by atoms with Gasteiger partial charge in [0, 0.05) is 25.9 Å². The van der Waals surface area contributed by atoms with Crippen LogP contribution in [0.25, 0.3) is 0 Å². The van der Waals surface area contributed by atoms with Crippen molar-refractivity contribution in [1.29, 1.82) is 0 Å². The molecule has 0 amide bonds. The minimum Gasteiger partial charge on any atom is -0.416 e. The molecule has 2 N–H and O–H groups in total. The van der Waals surface area contributed by atoms with E-state index in [9.17, 15) is 0 Å². The molecule has 0 aliphatic rings. The Kier molecular flexibility index (Phi) is 2.93. The van der Waals surface area contributed by atoms with Gasteiger partial charge in [-0.3, -0.25) is 4.98 Å². The second kappa shape index (κ2) is 4.37. The number of hydrogen-bond donors (Lipinski definition) is 1. The predicted octanol–water partition coefficient (Wildman–Crippen LogP) is 0.778. The summed E-state index contributed by atoms with van der Waals surface area (Å²) in [4.78, 5) is 8.25. The lowest BCUT2D eigenvalue weighted by Crippen LogP contribution is -2.02. The fourth-order valence-electron chi connectivity index (χ4n) is 0.982. The highest BCUT2D eigenvalue weighted by atomic mass is 32.2. The molecule has 0 unspecified atom stereocenters. The van der Waals surface area contributed by atoms with E-state index in [1.165, 1.54) is 11.8 Å². The van der Waals surface area contributed by atoms with Crippen LogP contribution in [0, 0.1) is 6.92 Å². The standard InChI is InChI=1S/C8H9N5OS/c1-5-12-13-8(14-5)15-7-6(4-9)10-2-3-11-7/h2-3H,4,9H2,1H3. The van der Waals surface area contributed by atoms with E-state index >= 15 is 0 Å². The first-order chi connectivity index (χ1) is 7.29. The van der Waals surface area contributed by atoms with E-state index < -0.39 is 0 Å². The molecular weight excluding hydrogens is 214 g/mol. The molecule has 0 aliphatic carbocycles. The monoisotopic (exact) mass is 223 g/mol. The summed E-state index contributed by atoms with van der Waals surface area (Å²) in [6, 6.07) is 0. The minimum absolute atomic E-state index is 0.337. The van der Waals surface area contributed by atoms with Gasteiger partial charge in [-0.2, -0.15) is 0 Å². The molecular formula is C8H9N5OS.